The summed E-state index contributed by atoms with van der Waals surface area (Å²) in [6.45, 7) is 2.48. The quantitative estimate of drug-likeness (QED) is 0.656. The molecule has 2 N–H and O–H groups in total. The zero-order chi connectivity index (χ0) is 15.9. The summed E-state index contributed by atoms with van der Waals surface area (Å²) < 4.78 is 19.4. The number of esters is 1. The maximum atomic E-state index is 14.3. The van der Waals surface area contributed by atoms with Gasteiger partial charge in [0.1, 0.15) is 5.82 Å². The van der Waals surface area contributed by atoms with E-state index < -0.39 is 5.92 Å². The minimum absolute atomic E-state index is 0.296. The molecule has 2 rings (SSSR count). The second-order valence-electron chi connectivity index (χ2n) is 5.14. The number of halogens is 1. The van der Waals surface area contributed by atoms with Crippen LogP contribution < -0.4 is 5.73 Å². The predicted octanol–water partition coefficient (Wildman–Crippen LogP) is 3.49. The van der Waals surface area contributed by atoms with E-state index in [9.17, 15) is 9.18 Å². The van der Waals surface area contributed by atoms with Gasteiger partial charge in [-0.05, 0) is 37.1 Å². The van der Waals surface area contributed by atoms with Crippen molar-refractivity contribution in [1.82, 2.24) is 0 Å². The summed E-state index contributed by atoms with van der Waals surface area (Å²) in [5.74, 6) is -1.21. The lowest BCUT2D eigenvalue weighted by molar-refractivity contribution is -0.145. The molecular formula is C18H20FNO2. The van der Waals surface area contributed by atoms with E-state index in [1.54, 1.807) is 19.1 Å². The summed E-state index contributed by atoms with van der Waals surface area (Å²) in [6, 6.07) is 14.2. The Morgan fingerprint density at radius 3 is 2.59 bits per heavy atom. The molecule has 3 nitrogen and oxygen atoms in total. The Kier molecular flexibility index (Phi) is 5.67. The molecule has 116 valence electrons. The van der Waals surface area contributed by atoms with Gasteiger partial charge in [-0.15, -0.1) is 0 Å². The number of ether oxygens (including phenoxy) is 1. The highest BCUT2D eigenvalue weighted by molar-refractivity contribution is 5.78. The maximum Gasteiger partial charge on any atom is 0.313 e. The van der Waals surface area contributed by atoms with Crippen molar-refractivity contribution in [2.75, 3.05) is 13.2 Å². The first kappa shape index (κ1) is 16.2. The summed E-state index contributed by atoms with van der Waals surface area (Å²) in [5.41, 5.74) is 7.29. The molecule has 22 heavy (non-hydrogen) atoms. The topological polar surface area (TPSA) is 52.3 Å². The zero-order valence-corrected chi connectivity index (χ0v) is 12.6. The average molecular weight is 301 g/mol. The van der Waals surface area contributed by atoms with Crippen molar-refractivity contribution < 1.29 is 13.9 Å². The lowest BCUT2D eigenvalue weighted by Crippen LogP contribution is -2.15. The van der Waals surface area contributed by atoms with Crippen LogP contribution >= 0.6 is 0 Å². The van der Waals surface area contributed by atoms with E-state index in [2.05, 4.69) is 0 Å². The first-order valence-corrected chi connectivity index (χ1v) is 7.35. The van der Waals surface area contributed by atoms with Gasteiger partial charge < -0.3 is 10.5 Å². The Morgan fingerprint density at radius 1 is 1.23 bits per heavy atom. The average Bonchev–Trinajstić information content (AvgIpc) is 2.55. The smallest absolute Gasteiger partial charge is 0.313 e. The summed E-state index contributed by atoms with van der Waals surface area (Å²) in [7, 11) is 0. The minimum atomic E-state index is -0.503. The van der Waals surface area contributed by atoms with Crippen LogP contribution in [0.2, 0.25) is 0 Å². The van der Waals surface area contributed by atoms with E-state index in [4.69, 9.17) is 10.5 Å². The number of carbonyl (C=O) groups excluding carboxylic acids is 1. The van der Waals surface area contributed by atoms with E-state index >= 15 is 0 Å². The van der Waals surface area contributed by atoms with Crippen LogP contribution in [-0.2, 0) is 9.53 Å². The zero-order valence-electron chi connectivity index (χ0n) is 12.6. The second-order valence-corrected chi connectivity index (χ2v) is 5.14. The third-order valence-electron chi connectivity index (χ3n) is 3.52. The van der Waals surface area contributed by atoms with Crippen LogP contribution in [0.25, 0.3) is 11.1 Å². The Balaban J connectivity index is 2.13. The lowest BCUT2D eigenvalue weighted by atomic mass is 9.97. The maximum absolute atomic E-state index is 14.3. The van der Waals surface area contributed by atoms with Gasteiger partial charge in [-0.1, -0.05) is 42.5 Å². The first-order valence-electron chi connectivity index (χ1n) is 7.35. The molecule has 1 unspecified atom stereocenters. The largest absolute Gasteiger partial charge is 0.465 e. The fourth-order valence-corrected chi connectivity index (χ4v) is 2.17. The van der Waals surface area contributed by atoms with E-state index in [0.29, 0.717) is 30.7 Å². The van der Waals surface area contributed by atoms with E-state index in [-0.39, 0.29) is 11.8 Å². The molecule has 4 heteroatoms. The van der Waals surface area contributed by atoms with Crippen LogP contribution in [0.4, 0.5) is 4.39 Å². The highest BCUT2D eigenvalue weighted by Gasteiger charge is 2.18. The van der Waals surface area contributed by atoms with E-state index in [1.807, 2.05) is 30.3 Å². The molecule has 0 aliphatic carbocycles. The van der Waals surface area contributed by atoms with Crippen molar-refractivity contribution in [3.05, 3.63) is 59.9 Å². The predicted molar refractivity (Wildman–Crippen MR) is 84.9 cm³/mol. The molecule has 0 saturated carbocycles. The third-order valence-corrected chi connectivity index (χ3v) is 3.52. The van der Waals surface area contributed by atoms with Crippen molar-refractivity contribution in [2.24, 2.45) is 5.73 Å². The van der Waals surface area contributed by atoms with Gasteiger partial charge >= 0.3 is 5.97 Å². The Hall–Kier alpha value is -2.20. The first-order chi connectivity index (χ1) is 10.6. The Labute approximate surface area is 129 Å². The van der Waals surface area contributed by atoms with Gasteiger partial charge in [0.25, 0.3) is 0 Å². The molecule has 1 atom stereocenters. The normalized spacial score (nSPS) is 12.0. The number of hydrogen-bond donors (Lipinski definition) is 1. The van der Waals surface area contributed by atoms with Gasteiger partial charge in [0.2, 0.25) is 0 Å². The van der Waals surface area contributed by atoms with Crippen molar-refractivity contribution >= 4 is 5.97 Å². The lowest BCUT2D eigenvalue weighted by Gasteiger charge is -2.13. The molecule has 0 aromatic heterocycles. The van der Waals surface area contributed by atoms with Gasteiger partial charge in [-0.2, -0.15) is 0 Å². The monoisotopic (exact) mass is 301 g/mol. The molecule has 0 saturated heterocycles. The fraction of sp³-hybridized carbons (Fsp3) is 0.278. The fourth-order valence-electron chi connectivity index (χ4n) is 2.17. The number of hydrogen-bond acceptors (Lipinski definition) is 3. The summed E-state index contributed by atoms with van der Waals surface area (Å²) in [5, 5.41) is 0. The van der Waals surface area contributed by atoms with Gasteiger partial charge in [-0.25, -0.2) is 4.39 Å². The van der Waals surface area contributed by atoms with Crippen LogP contribution in [0.15, 0.2) is 48.5 Å². The van der Waals surface area contributed by atoms with Gasteiger partial charge in [0.15, 0.2) is 0 Å². The van der Waals surface area contributed by atoms with Crippen LogP contribution in [0.5, 0.6) is 0 Å². The molecule has 0 aliphatic heterocycles. The molecule has 0 spiro atoms. The van der Waals surface area contributed by atoms with E-state index in [1.165, 1.54) is 6.07 Å². The Bertz CT molecular complexity index is 628. The molecule has 0 fully saturated rings. The van der Waals surface area contributed by atoms with Crippen LogP contribution in [0, 0.1) is 5.82 Å². The molecule has 0 amide bonds. The van der Waals surface area contributed by atoms with Crippen molar-refractivity contribution in [3.63, 3.8) is 0 Å². The molecule has 2 aromatic carbocycles. The molecule has 0 aliphatic rings. The molecule has 2 aromatic rings. The number of carbonyl (C=O) groups is 1. The standard InChI is InChI=1S/C18H20FNO2/c1-13(18(21)22-11-5-10-20)15-8-9-16(17(19)12-15)14-6-3-2-4-7-14/h2-4,6-9,12-13H,5,10-11,20H2,1H3. The van der Waals surface area contributed by atoms with Crippen molar-refractivity contribution in [3.8, 4) is 11.1 Å². The summed E-state index contributed by atoms with van der Waals surface area (Å²) in [6.07, 6.45) is 0.625. The Morgan fingerprint density at radius 2 is 1.95 bits per heavy atom. The van der Waals surface area contributed by atoms with Crippen molar-refractivity contribution in [1.29, 1.82) is 0 Å². The SMILES string of the molecule is CC(C(=O)OCCCN)c1ccc(-c2ccccc2)c(F)c1. The van der Waals surface area contributed by atoms with Gasteiger partial charge in [-0.3, -0.25) is 4.79 Å². The van der Waals surface area contributed by atoms with Crippen LogP contribution in [-0.4, -0.2) is 19.1 Å². The highest BCUT2D eigenvalue weighted by atomic mass is 19.1. The molecule has 0 radical (unpaired) electrons. The van der Waals surface area contributed by atoms with Crippen molar-refractivity contribution in [2.45, 2.75) is 19.3 Å². The molecule has 0 heterocycles. The second kappa shape index (κ2) is 7.71. The third kappa shape index (κ3) is 3.92. The number of nitrogens with two attached hydrogens (primary N) is 1. The van der Waals surface area contributed by atoms with Crippen LogP contribution in [0.3, 0.4) is 0 Å². The minimum Gasteiger partial charge on any atom is -0.465 e. The molecular weight excluding hydrogens is 281 g/mol. The summed E-state index contributed by atoms with van der Waals surface area (Å²) >= 11 is 0. The number of rotatable bonds is 6. The summed E-state index contributed by atoms with van der Waals surface area (Å²) in [4.78, 5) is 11.9. The number of benzene rings is 2. The molecule has 0 bridgehead atoms. The highest BCUT2D eigenvalue weighted by Crippen LogP contribution is 2.26. The van der Waals surface area contributed by atoms with E-state index in [0.717, 1.165) is 5.56 Å². The van der Waals surface area contributed by atoms with Gasteiger partial charge in [0, 0.05) is 5.56 Å². The van der Waals surface area contributed by atoms with Crippen LogP contribution in [0.1, 0.15) is 24.8 Å². The van der Waals surface area contributed by atoms with Gasteiger partial charge in [0.05, 0.1) is 12.5 Å².